The van der Waals surface area contributed by atoms with Gasteiger partial charge in [-0.2, -0.15) is 0 Å². The Morgan fingerprint density at radius 3 is 1.70 bits per heavy atom. The second-order valence-corrected chi connectivity index (χ2v) is 13.7. The van der Waals surface area contributed by atoms with Crippen LogP contribution in [0.5, 0.6) is 0 Å². The van der Waals surface area contributed by atoms with Crippen molar-refractivity contribution in [1.29, 1.82) is 0 Å². The van der Waals surface area contributed by atoms with Crippen LogP contribution in [0.15, 0.2) is 217 Å². The molecule has 0 saturated heterocycles. The maximum Gasteiger partial charge on any atom is 0.136 e. The van der Waals surface area contributed by atoms with Gasteiger partial charge in [-0.15, -0.1) is 0 Å². The highest BCUT2D eigenvalue weighted by Crippen LogP contribution is 2.48. The van der Waals surface area contributed by atoms with Crippen LogP contribution in [0.1, 0.15) is 0 Å². The molecule has 0 saturated carbocycles. The Labute approximate surface area is 314 Å². The topological polar surface area (TPSA) is 16.4 Å². The van der Waals surface area contributed by atoms with E-state index >= 15 is 0 Å². The van der Waals surface area contributed by atoms with Crippen LogP contribution in [0.4, 0.5) is 17.1 Å². The van der Waals surface area contributed by atoms with Gasteiger partial charge in [-0.1, -0.05) is 164 Å². The quantitative estimate of drug-likeness (QED) is 0.166. The van der Waals surface area contributed by atoms with Crippen molar-refractivity contribution >= 4 is 49.8 Å². The van der Waals surface area contributed by atoms with Crippen molar-refractivity contribution in [2.75, 3.05) is 4.90 Å². The number of anilines is 3. The molecule has 0 amide bonds. The van der Waals surface area contributed by atoms with E-state index in [4.69, 9.17) is 4.42 Å². The molecule has 2 nitrogen and oxygen atoms in total. The van der Waals surface area contributed by atoms with Crippen LogP contribution in [0.2, 0.25) is 0 Å². The summed E-state index contributed by atoms with van der Waals surface area (Å²) in [5.41, 5.74) is 14.3. The molecule has 54 heavy (non-hydrogen) atoms. The predicted molar refractivity (Wildman–Crippen MR) is 228 cm³/mol. The first-order chi connectivity index (χ1) is 26.8. The Morgan fingerprint density at radius 1 is 0.333 bits per heavy atom. The van der Waals surface area contributed by atoms with Crippen molar-refractivity contribution in [2.45, 2.75) is 0 Å². The first-order valence-corrected chi connectivity index (χ1v) is 18.4. The van der Waals surface area contributed by atoms with Crippen LogP contribution < -0.4 is 4.90 Å². The van der Waals surface area contributed by atoms with E-state index in [0.717, 1.165) is 55.7 Å². The maximum absolute atomic E-state index is 6.53. The highest BCUT2D eigenvalue weighted by Gasteiger charge is 2.23. The fourth-order valence-corrected chi connectivity index (χ4v) is 7.92. The minimum Gasteiger partial charge on any atom is -0.456 e. The molecule has 0 atom stereocenters. The SMILES string of the molecule is c1ccc(-c2cccc(-c3c(N(c4ccc(-c5cccc6ccccc56)cc4)c4cccc(-c5ccccc5)c4)ccc4oc5ccccc5c34)c2)cc1. The summed E-state index contributed by atoms with van der Waals surface area (Å²) < 4.78 is 6.53. The second kappa shape index (κ2) is 13.4. The molecule has 1 heterocycles. The molecule has 10 rings (SSSR count). The fourth-order valence-electron chi connectivity index (χ4n) is 7.92. The van der Waals surface area contributed by atoms with Gasteiger partial charge in [0.15, 0.2) is 0 Å². The molecule has 0 N–H and O–H groups in total. The summed E-state index contributed by atoms with van der Waals surface area (Å²) in [6.45, 7) is 0. The molecular formula is C52H35NO. The lowest BCUT2D eigenvalue weighted by Crippen LogP contribution is -2.11. The summed E-state index contributed by atoms with van der Waals surface area (Å²) in [6.07, 6.45) is 0. The summed E-state index contributed by atoms with van der Waals surface area (Å²) in [6, 6.07) is 75.9. The van der Waals surface area contributed by atoms with Crippen LogP contribution in [0, 0.1) is 0 Å². The van der Waals surface area contributed by atoms with Crippen molar-refractivity contribution in [1.82, 2.24) is 0 Å². The van der Waals surface area contributed by atoms with Crippen molar-refractivity contribution in [3.63, 3.8) is 0 Å². The Balaban J connectivity index is 1.23. The van der Waals surface area contributed by atoms with E-state index in [9.17, 15) is 0 Å². The first kappa shape index (κ1) is 31.6. The fraction of sp³-hybridized carbons (Fsp3) is 0. The standard InChI is InChI=1S/C52H35NO/c1-3-14-36(15-4-1)40-20-11-22-42(34-40)51-48(32-33-50-52(51)47-25-9-10-27-49(47)54-50)53(44-23-12-21-41(35-44)37-16-5-2-6-17-37)43-30-28-39(29-31-43)46-26-13-19-38-18-7-8-24-45(38)46/h1-35H. The number of benzene rings is 9. The molecule has 0 aliphatic heterocycles. The Kier molecular flexibility index (Phi) is 7.85. The molecule has 0 bridgehead atoms. The summed E-state index contributed by atoms with van der Waals surface area (Å²) in [4.78, 5) is 2.41. The molecule has 0 aliphatic carbocycles. The van der Waals surface area contributed by atoms with Crippen LogP contribution in [0.3, 0.4) is 0 Å². The summed E-state index contributed by atoms with van der Waals surface area (Å²) in [7, 11) is 0. The minimum atomic E-state index is 0.865. The lowest BCUT2D eigenvalue weighted by Gasteiger charge is -2.29. The van der Waals surface area contributed by atoms with Gasteiger partial charge in [-0.3, -0.25) is 0 Å². The maximum atomic E-state index is 6.53. The van der Waals surface area contributed by atoms with E-state index in [1.165, 1.54) is 38.6 Å². The summed E-state index contributed by atoms with van der Waals surface area (Å²) in [5, 5.41) is 4.68. The zero-order chi connectivity index (χ0) is 35.8. The van der Waals surface area contributed by atoms with Crippen LogP contribution in [-0.4, -0.2) is 0 Å². The molecule has 0 radical (unpaired) electrons. The molecule has 1 aromatic heterocycles. The van der Waals surface area contributed by atoms with Crippen molar-refractivity contribution in [2.24, 2.45) is 0 Å². The lowest BCUT2D eigenvalue weighted by atomic mass is 9.93. The summed E-state index contributed by atoms with van der Waals surface area (Å²) >= 11 is 0. The monoisotopic (exact) mass is 689 g/mol. The average Bonchev–Trinajstić information content (AvgIpc) is 3.63. The Morgan fingerprint density at radius 2 is 0.926 bits per heavy atom. The zero-order valence-corrected chi connectivity index (χ0v) is 29.6. The second-order valence-electron chi connectivity index (χ2n) is 13.7. The van der Waals surface area contributed by atoms with Gasteiger partial charge in [0.1, 0.15) is 11.2 Å². The van der Waals surface area contributed by atoms with Gasteiger partial charge in [-0.05, 0) is 98.2 Å². The van der Waals surface area contributed by atoms with Crippen LogP contribution in [0.25, 0.3) is 77.2 Å². The van der Waals surface area contributed by atoms with Crippen LogP contribution >= 0.6 is 0 Å². The van der Waals surface area contributed by atoms with Gasteiger partial charge in [0.25, 0.3) is 0 Å². The molecule has 0 fully saturated rings. The highest BCUT2D eigenvalue weighted by atomic mass is 16.3. The molecule has 0 spiro atoms. The zero-order valence-electron chi connectivity index (χ0n) is 29.6. The van der Waals surface area contributed by atoms with Crippen molar-refractivity contribution in [3.05, 3.63) is 212 Å². The summed E-state index contributed by atoms with van der Waals surface area (Å²) in [5.74, 6) is 0. The highest BCUT2D eigenvalue weighted by molar-refractivity contribution is 6.16. The van der Waals surface area contributed by atoms with E-state index in [2.05, 4.69) is 211 Å². The molecule has 254 valence electrons. The van der Waals surface area contributed by atoms with Crippen LogP contribution in [-0.2, 0) is 0 Å². The normalized spacial score (nSPS) is 11.3. The largest absolute Gasteiger partial charge is 0.456 e. The number of para-hydroxylation sites is 1. The molecule has 0 aliphatic rings. The van der Waals surface area contributed by atoms with Gasteiger partial charge in [0.2, 0.25) is 0 Å². The van der Waals surface area contributed by atoms with Gasteiger partial charge in [-0.25, -0.2) is 0 Å². The van der Waals surface area contributed by atoms with Gasteiger partial charge >= 0.3 is 0 Å². The first-order valence-electron chi connectivity index (χ1n) is 18.4. The number of rotatable bonds is 7. The number of hydrogen-bond donors (Lipinski definition) is 0. The molecule has 0 unspecified atom stereocenters. The molecule has 10 aromatic rings. The van der Waals surface area contributed by atoms with Gasteiger partial charge in [0, 0.05) is 27.7 Å². The predicted octanol–water partition coefficient (Wildman–Crippen LogP) is 14.9. The van der Waals surface area contributed by atoms with E-state index in [-0.39, 0.29) is 0 Å². The third-order valence-corrected chi connectivity index (χ3v) is 10.5. The Bertz CT molecular complexity index is 2920. The number of nitrogens with zero attached hydrogens (tertiary/aromatic N) is 1. The number of furan rings is 1. The molecule has 9 aromatic carbocycles. The third-order valence-electron chi connectivity index (χ3n) is 10.5. The lowest BCUT2D eigenvalue weighted by molar-refractivity contribution is 0.669. The smallest absolute Gasteiger partial charge is 0.136 e. The van der Waals surface area contributed by atoms with E-state index in [0.29, 0.717) is 0 Å². The van der Waals surface area contributed by atoms with E-state index < -0.39 is 0 Å². The average molecular weight is 690 g/mol. The van der Waals surface area contributed by atoms with Crippen molar-refractivity contribution < 1.29 is 4.42 Å². The van der Waals surface area contributed by atoms with E-state index in [1.807, 2.05) is 6.07 Å². The molecule has 2 heteroatoms. The third kappa shape index (κ3) is 5.62. The van der Waals surface area contributed by atoms with Gasteiger partial charge in [0.05, 0.1) is 5.69 Å². The Hall–Kier alpha value is -7.16. The van der Waals surface area contributed by atoms with Crippen molar-refractivity contribution in [3.8, 4) is 44.5 Å². The van der Waals surface area contributed by atoms with Gasteiger partial charge < -0.3 is 9.32 Å². The number of hydrogen-bond acceptors (Lipinski definition) is 2. The van der Waals surface area contributed by atoms with E-state index in [1.54, 1.807) is 0 Å². The molecular weight excluding hydrogens is 655 g/mol. The minimum absolute atomic E-state index is 0.865. The number of fused-ring (bicyclic) bond motifs is 4.